The Morgan fingerprint density at radius 1 is 0.895 bits per heavy atom. The van der Waals surface area contributed by atoms with Crippen LogP contribution in [0.1, 0.15) is 82.9 Å². The Balaban J connectivity index is 2.00. The third kappa shape index (κ3) is 3.62. The Morgan fingerprint density at radius 3 is 1.89 bits per heavy atom. The van der Waals surface area contributed by atoms with Crippen LogP contribution in [0.3, 0.4) is 0 Å². The lowest BCUT2D eigenvalue weighted by Gasteiger charge is -2.36. The van der Waals surface area contributed by atoms with E-state index in [0.29, 0.717) is 10.8 Å². The molecule has 1 aliphatic rings. The quantitative estimate of drug-likeness (QED) is 0.560. The van der Waals surface area contributed by atoms with E-state index < -0.39 is 0 Å². The fourth-order valence-corrected chi connectivity index (χ4v) is 4.45. The van der Waals surface area contributed by atoms with Crippen LogP contribution < -0.4 is 0 Å². The van der Waals surface area contributed by atoms with Gasteiger partial charge in [0.15, 0.2) is 0 Å². The van der Waals surface area contributed by atoms with Crippen molar-refractivity contribution in [3.05, 3.63) is 21.9 Å². The first-order valence-electron chi connectivity index (χ1n) is 7.78. The van der Waals surface area contributed by atoms with Crippen molar-refractivity contribution in [2.45, 2.75) is 78.6 Å². The zero-order chi connectivity index (χ0) is 14.3. The van der Waals surface area contributed by atoms with E-state index in [1.807, 2.05) is 0 Å². The molecule has 108 valence electrons. The summed E-state index contributed by atoms with van der Waals surface area (Å²) in [5, 5.41) is 0. The van der Waals surface area contributed by atoms with Crippen molar-refractivity contribution >= 4 is 11.3 Å². The predicted molar refractivity (Wildman–Crippen MR) is 87.2 cm³/mol. The van der Waals surface area contributed by atoms with Crippen LogP contribution in [0.2, 0.25) is 0 Å². The predicted octanol–water partition coefficient (Wildman–Crippen LogP) is 6.37. The second-order valence-electron chi connectivity index (χ2n) is 8.37. The Labute approximate surface area is 123 Å². The maximum atomic E-state index is 2.40. The topological polar surface area (TPSA) is 0 Å². The fraction of sp³-hybridized carbons (Fsp3) is 0.778. The van der Waals surface area contributed by atoms with Crippen LogP contribution in [-0.4, -0.2) is 0 Å². The average molecular weight is 279 g/mol. The number of rotatable bonds is 1. The minimum absolute atomic E-state index is 0.311. The lowest BCUT2D eigenvalue weighted by molar-refractivity contribution is 0.170. The van der Waals surface area contributed by atoms with Crippen LogP contribution in [0, 0.1) is 11.3 Å². The molecular formula is C18H30S. The Hall–Kier alpha value is -0.300. The molecule has 0 spiro atoms. The van der Waals surface area contributed by atoms with Crippen molar-refractivity contribution < 1.29 is 0 Å². The normalized spacial score (nSPS) is 25.6. The molecule has 0 nitrogen and oxygen atoms in total. The zero-order valence-electron chi connectivity index (χ0n) is 13.5. The second kappa shape index (κ2) is 5.24. The summed E-state index contributed by atoms with van der Waals surface area (Å²) in [6, 6.07) is 4.75. The standard InChI is InChI=1S/C18H30S/c1-17(2,3)14-9-7-13(8-10-14)15-11-12-16(19-15)18(4,5)6/h11-14H,7-10H2,1-6H3. The first-order valence-corrected chi connectivity index (χ1v) is 8.60. The minimum Gasteiger partial charge on any atom is -0.145 e. The molecule has 1 aromatic rings. The molecule has 1 aliphatic carbocycles. The van der Waals surface area contributed by atoms with Crippen molar-refractivity contribution in [3.63, 3.8) is 0 Å². The van der Waals surface area contributed by atoms with E-state index in [4.69, 9.17) is 0 Å². The van der Waals surface area contributed by atoms with Gasteiger partial charge in [0, 0.05) is 9.75 Å². The van der Waals surface area contributed by atoms with E-state index in [9.17, 15) is 0 Å². The smallest absolute Gasteiger partial charge is 0.0102 e. The van der Waals surface area contributed by atoms with Gasteiger partial charge in [-0.25, -0.2) is 0 Å². The van der Waals surface area contributed by atoms with Gasteiger partial charge in [-0.15, -0.1) is 11.3 Å². The fourth-order valence-electron chi connectivity index (χ4n) is 3.22. The summed E-state index contributed by atoms with van der Waals surface area (Å²) in [6.45, 7) is 14.2. The maximum Gasteiger partial charge on any atom is 0.0102 e. The molecule has 2 rings (SSSR count). The SMILES string of the molecule is CC(C)(C)c1ccc(C2CCC(C(C)(C)C)CC2)s1. The average Bonchev–Trinajstić information content (AvgIpc) is 2.77. The molecule has 0 atom stereocenters. The maximum absolute atomic E-state index is 2.40. The highest BCUT2D eigenvalue weighted by molar-refractivity contribution is 7.12. The molecule has 0 unspecified atom stereocenters. The van der Waals surface area contributed by atoms with Crippen LogP contribution in [0.25, 0.3) is 0 Å². The number of hydrogen-bond donors (Lipinski definition) is 0. The molecule has 0 bridgehead atoms. The monoisotopic (exact) mass is 278 g/mol. The summed E-state index contributed by atoms with van der Waals surface area (Å²) in [6.07, 6.45) is 5.62. The summed E-state index contributed by atoms with van der Waals surface area (Å²) in [7, 11) is 0. The van der Waals surface area contributed by atoms with E-state index in [1.54, 1.807) is 9.75 Å². The van der Waals surface area contributed by atoms with Crippen LogP contribution in [0.15, 0.2) is 12.1 Å². The summed E-state index contributed by atoms with van der Waals surface area (Å²) >= 11 is 2.06. The molecule has 1 aromatic heterocycles. The molecule has 0 saturated heterocycles. The van der Waals surface area contributed by atoms with Gasteiger partial charge >= 0.3 is 0 Å². The molecule has 1 fully saturated rings. The lowest BCUT2D eigenvalue weighted by atomic mass is 9.69. The van der Waals surface area contributed by atoms with E-state index in [0.717, 1.165) is 11.8 Å². The van der Waals surface area contributed by atoms with Crippen molar-refractivity contribution in [1.29, 1.82) is 0 Å². The van der Waals surface area contributed by atoms with E-state index >= 15 is 0 Å². The third-order valence-electron chi connectivity index (χ3n) is 4.72. The number of thiophene rings is 1. The Bertz CT molecular complexity index is 406. The molecule has 0 aliphatic heterocycles. The first kappa shape index (κ1) is 15.1. The van der Waals surface area contributed by atoms with Gasteiger partial charge < -0.3 is 0 Å². The molecule has 1 heterocycles. The number of hydrogen-bond acceptors (Lipinski definition) is 1. The summed E-state index contributed by atoms with van der Waals surface area (Å²) < 4.78 is 0. The van der Waals surface area contributed by atoms with Crippen LogP contribution in [-0.2, 0) is 5.41 Å². The zero-order valence-corrected chi connectivity index (χ0v) is 14.4. The van der Waals surface area contributed by atoms with Crippen LogP contribution in [0.5, 0.6) is 0 Å². The highest BCUT2D eigenvalue weighted by Gasteiger charge is 2.31. The van der Waals surface area contributed by atoms with Gasteiger partial charge in [-0.05, 0) is 60.5 Å². The Morgan fingerprint density at radius 2 is 1.47 bits per heavy atom. The van der Waals surface area contributed by atoms with Gasteiger partial charge in [-0.1, -0.05) is 41.5 Å². The van der Waals surface area contributed by atoms with Gasteiger partial charge in [-0.2, -0.15) is 0 Å². The van der Waals surface area contributed by atoms with E-state index in [1.165, 1.54) is 25.7 Å². The highest BCUT2D eigenvalue weighted by atomic mass is 32.1. The van der Waals surface area contributed by atoms with Crippen molar-refractivity contribution in [3.8, 4) is 0 Å². The Kier molecular flexibility index (Phi) is 4.16. The van der Waals surface area contributed by atoms with Gasteiger partial charge in [0.2, 0.25) is 0 Å². The van der Waals surface area contributed by atoms with Crippen molar-refractivity contribution in [2.24, 2.45) is 11.3 Å². The largest absolute Gasteiger partial charge is 0.145 e. The molecule has 0 N–H and O–H groups in total. The molecule has 1 saturated carbocycles. The lowest BCUT2D eigenvalue weighted by Crippen LogP contribution is -2.25. The first-order chi connectivity index (χ1) is 8.68. The molecule has 19 heavy (non-hydrogen) atoms. The van der Waals surface area contributed by atoms with Crippen LogP contribution >= 0.6 is 11.3 Å². The van der Waals surface area contributed by atoms with Gasteiger partial charge in [0.05, 0.1) is 0 Å². The van der Waals surface area contributed by atoms with Gasteiger partial charge in [-0.3, -0.25) is 0 Å². The molecule has 0 amide bonds. The van der Waals surface area contributed by atoms with Crippen LogP contribution in [0.4, 0.5) is 0 Å². The molecule has 0 aromatic carbocycles. The molecular weight excluding hydrogens is 248 g/mol. The summed E-state index contributed by atoms with van der Waals surface area (Å²) in [5.41, 5.74) is 0.808. The summed E-state index contributed by atoms with van der Waals surface area (Å²) in [5.74, 6) is 1.76. The molecule has 1 heteroatoms. The minimum atomic E-state index is 0.311. The van der Waals surface area contributed by atoms with Gasteiger partial charge in [0.1, 0.15) is 0 Å². The van der Waals surface area contributed by atoms with Gasteiger partial charge in [0.25, 0.3) is 0 Å². The third-order valence-corrected chi connectivity index (χ3v) is 6.39. The van der Waals surface area contributed by atoms with E-state index in [-0.39, 0.29) is 0 Å². The second-order valence-corrected chi connectivity index (χ2v) is 9.48. The molecule has 0 radical (unpaired) electrons. The van der Waals surface area contributed by atoms with Crippen molar-refractivity contribution in [1.82, 2.24) is 0 Å². The highest BCUT2D eigenvalue weighted by Crippen LogP contribution is 2.45. The summed E-state index contributed by atoms with van der Waals surface area (Å²) in [4.78, 5) is 3.18. The van der Waals surface area contributed by atoms with E-state index in [2.05, 4.69) is 65.0 Å². The van der Waals surface area contributed by atoms with Crippen molar-refractivity contribution in [2.75, 3.05) is 0 Å².